The minimum atomic E-state index is -0.846. The standard InChI is InChI=1S/C18H18F2N2O3/c19-13-4-3-11(7-14(13)20)6-12-8-22(9-12)18(23)16-17(25-10-21-16)15-2-1-5-24-15/h3-4,7,10,12,15H,1-2,5-6,8-9H2/t15-/m0/s1. The zero-order chi connectivity index (χ0) is 17.4. The Bertz CT molecular complexity index is 780. The van der Waals surface area contributed by atoms with E-state index in [1.807, 2.05) is 0 Å². The van der Waals surface area contributed by atoms with Gasteiger partial charge in [-0.05, 0) is 42.9 Å². The summed E-state index contributed by atoms with van der Waals surface area (Å²) in [6, 6.07) is 3.93. The SMILES string of the molecule is O=C(c1ncoc1[C@@H]1CCCO1)N1CC(Cc2ccc(F)c(F)c2)C1. The topological polar surface area (TPSA) is 55.6 Å². The van der Waals surface area contributed by atoms with Crippen LogP contribution in [0.1, 0.15) is 40.8 Å². The number of hydrogen-bond donors (Lipinski definition) is 0. The Labute approximate surface area is 143 Å². The molecule has 4 rings (SSSR count). The van der Waals surface area contributed by atoms with Gasteiger partial charge >= 0.3 is 0 Å². The molecule has 0 spiro atoms. The molecule has 0 radical (unpaired) electrons. The molecule has 1 aromatic heterocycles. The van der Waals surface area contributed by atoms with Gasteiger partial charge in [-0.1, -0.05) is 6.07 Å². The quantitative estimate of drug-likeness (QED) is 0.852. The fourth-order valence-electron chi connectivity index (χ4n) is 3.44. The van der Waals surface area contributed by atoms with Crippen molar-refractivity contribution in [2.24, 2.45) is 5.92 Å². The average molecular weight is 348 g/mol. The molecule has 132 valence electrons. The summed E-state index contributed by atoms with van der Waals surface area (Å²) in [5, 5.41) is 0. The summed E-state index contributed by atoms with van der Waals surface area (Å²) in [7, 11) is 0. The molecule has 2 aromatic rings. The van der Waals surface area contributed by atoms with Crippen LogP contribution in [-0.4, -0.2) is 35.5 Å². The molecule has 2 aliphatic rings. The zero-order valence-corrected chi connectivity index (χ0v) is 13.6. The number of ether oxygens (including phenoxy) is 1. The van der Waals surface area contributed by atoms with Gasteiger partial charge in [-0.25, -0.2) is 13.8 Å². The van der Waals surface area contributed by atoms with Crippen LogP contribution in [0.3, 0.4) is 0 Å². The lowest BCUT2D eigenvalue weighted by Crippen LogP contribution is -2.51. The lowest BCUT2D eigenvalue weighted by atomic mass is 9.91. The van der Waals surface area contributed by atoms with Crippen LogP contribution in [0, 0.1) is 17.6 Å². The highest BCUT2D eigenvalue weighted by molar-refractivity contribution is 5.93. The molecule has 2 fully saturated rings. The summed E-state index contributed by atoms with van der Waals surface area (Å²) >= 11 is 0. The highest BCUT2D eigenvalue weighted by Crippen LogP contribution is 2.32. The van der Waals surface area contributed by atoms with Gasteiger partial charge in [-0.2, -0.15) is 0 Å². The Morgan fingerprint density at radius 1 is 1.28 bits per heavy atom. The smallest absolute Gasteiger partial charge is 0.276 e. The molecule has 2 saturated heterocycles. The van der Waals surface area contributed by atoms with Crippen molar-refractivity contribution >= 4 is 5.91 Å². The molecule has 0 unspecified atom stereocenters. The number of carbonyl (C=O) groups is 1. The highest BCUT2D eigenvalue weighted by atomic mass is 19.2. The number of carbonyl (C=O) groups excluding carboxylic acids is 1. The Morgan fingerprint density at radius 3 is 2.84 bits per heavy atom. The van der Waals surface area contributed by atoms with E-state index < -0.39 is 11.6 Å². The van der Waals surface area contributed by atoms with Crippen LogP contribution in [0.2, 0.25) is 0 Å². The van der Waals surface area contributed by atoms with Crippen molar-refractivity contribution in [3.05, 3.63) is 53.2 Å². The van der Waals surface area contributed by atoms with Gasteiger partial charge in [0.15, 0.2) is 29.5 Å². The molecule has 1 aromatic carbocycles. The molecular weight excluding hydrogens is 330 g/mol. The summed E-state index contributed by atoms with van der Waals surface area (Å²) in [4.78, 5) is 18.4. The van der Waals surface area contributed by atoms with Gasteiger partial charge in [-0.15, -0.1) is 0 Å². The summed E-state index contributed by atoms with van der Waals surface area (Å²) in [6.07, 6.45) is 3.47. The largest absolute Gasteiger partial charge is 0.445 e. The van der Waals surface area contributed by atoms with Crippen LogP contribution in [0.15, 0.2) is 29.0 Å². The third kappa shape index (κ3) is 3.16. The Hall–Kier alpha value is -2.28. The lowest BCUT2D eigenvalue weighted by molar-refractivity contribution is 0.0477. The molecule has 5 nitrogen and oxygen atoms in total. The maximum absolute atomic E-state index is 13.3. The third-order valence-electron chi connectivity index (χ3n) is 4.77. The highest BCUT2D eigenvalue weighted by Gasteiger charge is 2.36. The molecule has 25 heavy (non-hydrogen) atoms. The maximum atomic E-state index is 13.3. The number of likely N-dealkylation sites (tertiary alicyclic amines) is 1. The van der Waals surface area contributed by atoms with E-state index in [1.165, 1.54) is 12.5 Å². The van der Waals surface area contributed by atoms with Crippen molar-refractivity contribution < 1.29 is 22.7 Å². The number of rotatable bonds is 4. The number of oxazole rings is 1. The number of hydrogen-bond acceptors (Lipinski definition) is 4. The number of benzene rings is 1. The van der Waals surface area contributed by atoms with Gasteiger partial charge in [0, 0.05) is 19.7 Å². The van der Waals surface area contributed by atoms with Gasteiger partial charge in [0.1, 0.15) is 6.10 Å². The van der Waals surface area contributed by atoms with E-state index in [0.717, 1.165) is 24.5 Å². The molecule has 0 aliphatic carbocycles. The van der Waals surface area contributed by atoms with Gasteiger partial charge in [0.2, 0.25) is 0 Å². The van der Waals surface area contributed by atoms with E-state index in [2.05, 4.69) is 4.98 Å². The van der Waals surface area contributed by atoms with Crippen molar-refractivity contribution in [2.75, 3.05) is 19.7 Å². The minimum absolute atomic E-state index is 0.166. The van der Waals surface area contributed by atoms with Crippen molar-refractivity contribution in [1.82, 2.24) is 9.88 Å². The van der Waals surface area contributed by atoms with E-state index in [0.29, 0.717) is 37.6 Å². The number of nitrogens with zero attached hydrogens (tertiary/aromatic N) is 2. The number of halogens is 2. The van der Waals surface area contributed by atoms with Crippen LogP contribution in [0.4, 0.5) is 8.78 Å². The molecule has 0 N–H and O–H groups in total. The first-order valence-corrected chi connectivity index (χ1v) is 8.40. The molecule has 1 amide bonds. The number of aromatic nitrogens is 1. The van der Waals surface area contributed by atoms with Gasteiger partial charge in [-0.3, -0.25) is 4.79 Å². The monoisotopic (exact) mass is 348 g/mol. The molecule has 7 heteroatoms. The first kappa shape index (κ1) is 16.2. The molecule has 0 bridgehead atoms. The van der Waals surface area contributed by atoms with E-state index >= 15 is 0 Å². The Kier molecular flexibility index (Phi) is 4.25. The molecule has 1 atom stereocenters. The normalized spacial score (nSPS) is 20.7. The van der Waals surface area contributed by atoms with E-state index in [-0.39, 0.29) is 17.9 Å². The van der Waals surface area contributed by atoms with Crippen molar-refractivity contribution in [1.29, 1.82) is 0 Å². The summed E-state index contributed by atoms with van der Waals surface area (Å²) in [5.41, 5.74) is 1.05. The van der Waals surface area contributed by atoms with Crippen molar-refractivity contribution in [3.63, 3.8) is 0 Å². The number of amides is 1. The minimum Gasteiger partial charge on any atom is -0.445 e. The molecular formula is C18H18F2N2O3. The van der Waals surface area contributed by atoms with E-state index in [9.17, 15) is 13.6 Å². The Morgan fingerprint density at radius 2 is 2.12 bits per heavy atom. The van der Waals surface area contributed by atoms with Crippen LogP contribution < -0.4 is 0 Å². The van der Waals surface area contributed by atoms with Crippen LogP contribution in [0.5, 0.6) is 0 Å². The Balaban J connectivity index is 1.36. The van der Waals surface area contributed by atoms with Crippen LogP contribution in [-0.2, 0) is 11.2 Å². The molecule has 0 saturated carbocycles. The molecule has 3 heterocycles. The van der Waals surface area contributed by atoms with Gasteiger partial charge in [0.05, 0.1) is 0 Å². The fourth-order valence-corrected chi connectivity index (χ4v) is 3.44. The van der Waals surface area contributed by atoms with Crippen LogP contribution in [0.25, 0.3) is 0 Å². The summed E-state index contributed by atoms with van der Waals surface area (Å²) < 4.78 is 37.2. The second-order valence-electron chi connectivity index (χ2n) is 6.60. The summed E-state index contributed by atoms with van der Waals surface area (Å²) in [5.74, 6) is -1.12. The predicted molar refractivity (Wildman–Crippen MR) is 83.9 cm³/mol. The van der Waals surface area contributed by atoms with Crippen LogP contribution >= 0.6 is 0 Å². The second kappa shape index (κ2) is 6.55. The average Bonchev–Trinajstić information content (AvgIpc) is 3.23. The van der Waals surface area contributed by atoms with Crippen molar-refractivity contribution in [3.8, 4) is 0 Å². The van der Waals surface area contributed by atoms with E-state index in [4.69, 9.17) is 9.15 Å². The van der Waals surface area contributed by atoms with E-state index in [1.54, 1.807) is 11.0 Å². The zero-order valence-electron chi connectivity index (χ0n) is 13.6. The second-order valence-corrected chi connectivity index (χ2v) is 6.60. The predicted octanol–water partition coefficient (Wildman–Crippen LogP) is 3.12. The first-order chi connectivity index (χ1) is 12.1. The van der Waals surface area contributed by atoms with Gasteiger partial charge in [0.25, 0.3) is 5.91 Å². The third-order valence-corrected chi connectivity index (χ3v) is 4.77. The van der Waals surface area contributed by atoms with Crippen molar-refractivity contribution in [2.45, 2.75) is 25.4 Å². The first-order valence-electron chi connectivity index (χ1n) is 8.40. The van der Waals surface area contributed by atoms with Gasteiger partial charge < -0.3 is 14.1 Å². The maximum Gasteiger partial charge on any atom is 0.276 e. The summed E-state index contributed by atoms with van der Waals surface area (Å²) in [6.45, 7) is 1.80. The molecule has 2 aliphatic heterocycles. The fraction of sp³-hybridized carbons (Fsp3) is 0.444. The lowest BCUT2D eigenvalue weighted by Gasteiger charge is -2.39.